The number of benzene rings is 3. The lowest BCUT2D eigenvalue weighted by Gasteiger charge is -2.22. The van der Waals surface area contributed by atoms with Crippen molar-refractivity contribution in [3.8, 4) is 11.1 Å². The number of halogens is 2. The molecule has 1 heterocycles. The fraction of sp³-hybridized carbons (Fsp3) is 0.174. The highest BCUT2D eigenvalue weighted by Crippen LogP contribution is 2.42. The summed E-state index contributed by atoms with van der Waals surface area (Å²) in [6, 6.07) is 19.7. The maximum Gasteiger partial charge on any atom is 0.251 e. The van der Waals surface area contributed by atoms with Gasteiger partial charge in [-0.15, -0.1) is 0 Å². The van der Waals surface area contributed by atoms with E-state index in [1.807, 2.05) is 30.3 Å². The maximum absolute atomic E-state index is 12.3. The average Bonchev–Trinajstić information content (AvgIpc) is 3.17. The first kappa shape index (κ1) is 19.8. The Balaban J connectivity index is 1.69. The van der Waals surface area contributed by atoms with E-state index in [9.17, 15) is 4.79 Å². The topological polar surface area (TPSA) is 58.4 Å². The summed E-state index contributed by atoms with van der Waals surface area (Å²) in [6.07, 6.45) is 0.944. The largest absolute Gasteiger partial charge is 0.351 e. The number of hydrogen-bond acceptors (Lipinski definition) is 3. The molecule has 0 unspecified atom stereocenters. The predicted octanol–water partition coefficient (Wildman–Crippen LogP) is 5.04. The smallest absolute Gasteiger partial charge is 0.251 e. The van der Waals surface area contributed by atoms with Gasteiger partial charge in [-0.3, -0.25) is 4.79 Å². The summed E-state index contributed by atoms with van der Waals surface area (Å²) < 4.78 is 0. The van der Waals surface area contributed by atoms with Gasteiger partial charge in [-0.25, -0.2) is 0 Å². The Hall–Kier alpha value is -2.53. The highest BCUT2D eigenvalue weighted by atomic mass is 35.5. The fourth-order valence-electron chi connectivity index (χ4n) is 3.64. The van der Waals surface area contributed by atoms with E-state index in [4.69, 9.17) is 28.9 Å². The van der Waals surface area contributed by atoms with Gasteiger partial charge in [-0.1, -0.05) is 53.5 Å². The Bertz CT molecular complexity index is 1070. The SMILES string of the molecule is NCCNC(=O)c1cccc(-c2ccc3c(c2)N(c2cccc(Cl)c2Cl)CC3)c1. The molecule has 0 spiro atoms. The second-order valence-electron chi connectivity index (χ2n) is 6.94. The zero-order valence-electron chi connectivity index (χ0n) is 15.8. The molecule has 0 bridgehead atoms. The Labute approximate surface area is 180 Å². The van der Waals surface area contributed by atoms with E-state index in [-0.39, 0.29) is 5.91 Å². The van der Waals surface area contributed by atoms with Gasteiger partial charge in [0.25, 0.3) is 5.91 Å². The third-order valence-corrected chi connectivity index (χ3v) is 5.90. The van der Waals surface area contributed by atoms with Crippen molar-refractivity contribution in [2.45, 2.75) is 6.42 Å². The van der Waals surface area contributed by atoms with E-state index < -0.39 is 0 Å². The molecule has 0 aromatic heterocycles. The molecule has 148 valence electrons. The lowest BCUT2D eigenvalue weighted by atomic mass is 10.00. The van der Waals surface area contributed by atoms with Gasteiger partial charge in [0.1, 0.15) is 0 Å². The summed E-state index contributed by atoms with van der Waals surface area (Å²) in [5.74, 6) is -0.120. The number of nitrogens with zero attached hydrogens (tertiary/aromatic N) is 1. The van der Waals surface area contributed by atoms with E-state index in [1.54, 1.807) is 12.1 Å². The van der Waals surface area contributed by atoms with Crippen LogP contribution in [-0.4, -0.2) is 25.5 Å². The van der Waals surface area contributed by atoms with Crippen molar-refractivity contribution in [2.75, 3.05) is 24.5 Å². The van der Waals surface area contributed by atoms with Gasteiger partial charge in [0, 0.05) is 30.9 Å². The molecule has 1 amide bonds. The summed E-state index contributed by atoms with van der Waals surface area (Å²) >= 11 is 12.7. The minimum absolute atomic E-state index is 0.120. The van der Waals surface area contributed by atoms with Crippen LogP contribution >= 0.6 is 23.2 Å². The molecule has 4 nitrogen and oxygen atoms in total. The van der Waals surface area contributed by atoms with Crippen LogP contribution in [0.2, 0.25) is 10.0 Å². The first-order valence-electron chi connectivity index (χ1n) is 9.51. The number of carbonyl (C=O) groups excluding carboxylic acids is 1. The van der Waals surface area contributed by atoms with Crippen molar-refractivity contribution < 1.29 is 4.79 Å². The van der Waals surface area contributed by atoms with Crippen molar-refractivity contribution in [3.63, 3.8) is 0 Å². The number of hydrogen-bond donors (Lipinski definition) is 2. The maximum atomic E-state index is 12.3. The van der Waals surface area contributed by atoms with E-state index in [1.165, 1.54) is 5.56 Å². The van der Waals surface area contributed by atoms with Gasteiger partial charge in [-0.2, -0.15) is 0 Å². The highest BCUT2D eigenvalue weighted by Gasteiger charge is 2.23. The molecule has 0 aliphatic carbocycles. The summed E-state index contributed by atoms with van der Waals surface area (Å²) in [6.45, 7) is 1.72. The normalized spacial score (nSPS) is 12.7. The van der Waals surface area contributed by atoms with Crippen molar-refractivity contribution in [3.05, 3.63) is 81.8 Å². The van der Waals surface area contributed by atoms with Crippen LogP contribution in [0.4, 0.5) is 11.4 Å². The van der Waals surface area contributed by atoms with E-state index in [0.717, 1.165) is 35.5 Å². The van der Waals surface area contributed by atoms with Crippen LogP contribution in [0, 0.1) is 0 Å². The number of nitrogens with one attached hydrogen (secondary N) is 1. The van der Waals surface area contributed by atoms with Crippen LogP contribution in [-0.2, 0) is 6.42 Å². The molecule has 0 fully saturated rings. The third kappa shape index (κ3) is 3.97. The zero-order valence-corrected chi connectivity index (χ0v) is 17.3. The molecule has 4 rings (SSSR count). The van der Waals surface area contributed by atoms with E-state index >= 15 is 0 Å². The molecule has 0 radical (unpaired) electrons. The van der Waals surface area contributed by atoms with Crippen LogP contribution in [0.15, 0.2) is 60.7 Å². The summed E-state index contributed by atoms with van der Waals surface area (Å²) in [5, 5.41) is 3.92. The van der Waals surface area contributed by atoms with Crippen molar-refractivity contribution >= 4 is 40.5 Å². The third-order valence-electron chi connectivity index (χ3n) is 5.09. The average molecular weight is 426 g/mol. The monoisotopic (exact) mass is 425 g/mol. The molecular weight excluding hydrogens is 405 g/mol. The zero-order chi connectivity index (χ0) is 20.4. The predicted molar refractivity (Wildman–Crippen MR) is 120 cm³/mol. The van der Waals surface area contributed by atoms with Crippen LogP contribution < -0.4 is 16.0 Å². The van der Waals surface area contributed by atoms with Crippen molar-refractivity contribution in [2.24, 2.45) is 5.73 Å². The standard InChI is InChI=1S/C23H21Cl2N3O/c24-19-5-2-6-20(22(19)25)28-12-9-15-7-8-17(14-21(15)28)16-3-1-4-18(13-16)23(29)27-11-10-26/h1-8,13-14H,9-12,26H2,(H,27,29). The molecule has 3 aromatic carbocycles. The van der Waals surface area contributed by atoms with Gasteiger partial charge in [0.2, 0.25) is 0 Å². The molecular formula is C23H21Cl2N3O. The summed E-state index contributed by atoms with van der Waals surface area (Å²) in [4.78, 5) is 14.5. The molecule has 0 atom stereocenters. The summed E-state index contributed by atoms with van der Waals surface area (Å²) in [7, 11) is 0. The van der Waals surface area contributed by atoms with Gasteiger partial charge in [0.15, 0.2) is 0 Å². The molecule has 29 heavy (non-hydrogen) atoms. The minimum Gasteiger partial charge on any atom is -0.351 e. The van der Waals surface area contributed by atoms with Gasteiger partial charge in [-0.05, 0) is 53.4 Å². The number of amides is 1. The number of nitrogens with two attached hydrogens (primary N) is 1. The molecule has 0 saturated heterocycles. The Morgan fingerprint density at radius 1 is 1.00 bits per heavy atom. The van der Waals surface area contributed by atoms with Crippen LogP contribution in [0.3, 0.4) is 0 Å². The first-order chi connectivity index (χ1) is 14.1. The number of fused-ring (bicyclic) bond motifs is 1. The summed E-state index contributed by atoms with van der Waals surface area (Å²) in [5.41, 5.74) is 11.4. The minimum atomic E-state index is -0.120. The number of rotatable bonds is 5. The molecule has 3 aromatic rings. The van der Waals surface area contributed by atoms with Crippen LogP contribution in [0.1, 0.15) is 15.9 Å². The van der Waals surface area contributed by atoms with E-state index in [2.05, 4.69) is 28.4 Å². The lowest BCUT2D eigenvalue weighted by Crippen LogP contribution is -2.28. The van der Waals surface area contributed by atoms with Gasteiger partial charge in [0.05, 0.1) is 15.7 Å². The number of anilines is 2. The van der Waals surface area contributed by atoms with Crippen LogP contribution in [0.25, 0.3) is 11.1 Å². The Morgan fingerprint density at radius 3 is 2.62 bits per heavy atom. The van der Waals surface area contributed by atoms with Gasteiger partial charge < -0.3 is 16.0 Å². The molecule has 6 heteroatoms. The van der Waals surface area contributed by atoms with Crippen molar-refractivity contribution in [1.29, 1.82) is 0 Å². The lowest BCUT2D eigenvalue weighted by molar-refractivity contribution is 0.0955. The molecule has 0 saturated carbocycles. The Kier molecular flexibility index (Phi) is 5.76. The second-order valence-corrected chi connectivity index (χ2v) is 7.73. The quantitative estimate of drug-likeness (QED) is 0.601. The first-order valence-corrected chi connectivity index (χ1v) is 10.3. The Morgan fingerprint density at radius 2 is 1.79 bits per heavy atom. The molecule has 3 N–H and O–H groups in total. The van der Waals surface area contributed by atoms with Crippen LogP contribution in [0.5, 0.6) is 0 Å². The number of carbonyl (C=O) groups is 1. The van der Waals surface area contributed by atoms with Gasteiger partial charge >= 0.3 is 0 Å². The van der Waals surface area contributed by atoms with Crippen molar-refractivity contribution in [1.82, 2.24) is 5.32 Å². The molecule has 1 aliphatic rings. The highest BCUT2D eigenvalue weighted by molar-refractivity contribution is 6.43. The second kappa shape index (κ2) is 8.46. The fourth-order valence-corrected chi connectivity index (χ4v) is 4.04. The molecule has 1 aliphatic heterocycles. The van der Waals surface area contributed by atoms with E-state index in [0.29, 0.717) is 28.7 Å².